The molecule has 2 aromatic rings. The highest BCUT2D eigenvalue weighted by Gasteiger charge is 2.29. The Kier molecular flexibility index (Phi) is 3.04. The summed E-state index contributed by atoms with van der Waals surface area (Å²) in [6.45, 7) is 3.33. The van der Waals surface area contributed by atoms with Crippen molar-refractivity contribution in [2.45, 2.75) is 31.8 Å². The number of aliphatic hydroxyl groups is 1. The van der Waals surface area contributed by atoms with Gasteiger partial charge in [0.2, 0.25) is 5.95 Å². The molecule has 2 aliphatic rings. The Morgan fingerprint density at radius 1 is 1.36 bits per heavy atom. The lowest BCUT2D eigenvalue weighted by Crippen LogP contribution is -2.46. The molecule has 3 atom stereocenters. The first-order chi connectivity index (χ1) is 10.7. The normalized spacial score (nSPS) is 27.5. The molecule has 7 nitrogen and oxygen atoms in total. The van der Waals surface area contributed by atoms with Crippen LogP contribution in [0.1, 0.15) is 25.8 Å². The van der Waals surface area contributed by atoms with Crippen LogP contribution in [0.3, 0.4) is 0 Å². The molecule has 1 aliphatic carbocycles. The highest BCUT2D eigenvalue weighted by Crippen LogP contribution is 2.34. The number of aromatic nitrogens is 4. The monoisotopic (exact) mass is 300 g/mol. The van der Waals surface area contributed by atoms with E-state index in [0.717, 1.165) is 36.4 Å². The van der Waals surface area contributed by atoms with Crippen LogP contribution < -0.4 is 10.6 Å². The third kappa shape index (κ3) is 1.96. The van der Waals surface area contributed by atoms with Crippen LogP contribution in [0.15, 0.2) is 18.5 Å². The molecule has 0 saturated carbocycles. The molecular formula is C15H20N6O. The lowest BCUT2D eigenvalue weighted by atomic mass is 10.1. The summed E-state index contributed by atoms with van der Waals surface area (Å²) in [6, 6.07) is 0.630. The molecule has 116 valence electrons. The van der Waals surface area contributed by atoms with Gasteiger partial charge in [0.1, 0.15) is 0 Å². The average Bonchev–Trinajstić information content (AvgIpc) is 3.11. The number of imidazole rings is 1. The zero-order chi connectivity index (χ0) is 15.3. The number of hydrogen-bond donors (Lipinski definition) is 2. The van der Waals surface area contributed by atoms with Crippen molar-refractivity contribution in [1.29, 1.82) is 0 Å². The van der Waals surface area contributed by atoms with Gasteiger partial charge >= 0.3 is 0 Å². The SMILES string of the molecule is CC1CCN1c1nc(N)nc2c1ncn2[C@H]1C=C[C@@H](CO)C1. The Hall–Kier alpha value is -2.15. The number of fused-ring (bicyclic) bond motifs is 1. The van der Waals surface area contributed by atoms with E-state index in [4.69, 9.17) is 5.73 Å². The van der Waals surface area contributed by atoms with E-state index in [0.29, 0.717) is 6.04 Å². The molecule has 0 spiro atoms. The maximum absolute atomic E-state index is 9.30. The second-order valence-corrected chi connectivity index (χ2v) is 6.19. The molecule has 0 aromatic carbocycles. The van der Waals surface area contributed by atoms with E-state index in [1.807, 2.05) is 10.9 Å². The van der Waals surface area contributed by atoms with Gasteiger partial charge in [-0.15, -0.1) is 0 Å². The fourth-order valence-electron chi connectivity index (χ4n) is 3.29. The summed E-state index contributed by atoms with van der Waals surface area (Å²) in [5.74, 6) is 1.32. The van der Waals surface area contributed by atoms with Gasteiger partial charge in [-0.2, -0.15) is 9.97 Å². The summed E-state index contributed by atoms with van der Waals surface area (Å²) in [5, 5.41) is 9.30. The number of nitrogens with zero attached hydrogens (tertiary/aromatic N) is 5. The minimum absolute atomic E-state index is 0.165. The Balaban J connectivity index is 1.77. The van der Waals surface area contributed by atoms with Gasteiger partial charge in [-0.25, -0.2) is 4.98 Å². The van der Waals surface area contributed by atoms with Gasteiger partial charge in [0.15, 0.2) is 17.0 Å². The van der Waals surface area contributed by atoms with Crippen LogP contribution in [0.4, 0.5) is 11.8 Å². The van der Waals surface area contributed by atoms with Crippen molar-refractivity contribution in [1.82, 2.24) is 19.5 Å². The van der Waals surface area contributed by atoms with Crippen molar-refractivity contribution in [3.8, 4) is 0 Å². The van der Waals surface area contributed by atoms with Crippen molar-refractivity contribution >= 4 is 22.9 Å². The predicted octanol–water partition coefficient (Wildman–Crippen LogP) is 1.12. The molecule has 0 bridgehead atoms. The Labute approximate surface area is 128 Å². The van der Waals surface area contributed by atoms with Crippen LogP contribution in [0, 0.1) is 5.92 Å². The summed E-state index contributed by atoms with van der Waals surface area (Å²) in [6.07, 6.45) is 7.99. The molecule has 3 N–H and O–H groups in total. The summed E-state index contributed by atoms with van der Waals surface area (Å²) in [7, 11) is 0. The molecule has 1 fully saturated rings. The summed E-state index contributed by atoms with van der Waals surface area (Å²) >= 11 is 0. The van der Waals surface area contributed by atoms with Crippen molar-refractivity contribution in [2.24, 2.45) is 5.92 Å². The van der Waals surface area contributed by atoms with Crippen LogP contribution in [0.5, 0.6) is 0 Å². The van der Waals surface area contributed by atoms with E-state index >= 15 is 0 Å². The number of anilines is 2. The smallest absolute Gasteiger partial charge is 0.224 e. The number of nitrogen functional groups attached to an aromatic ring is 1. The van der Waals surface area contributed by atoms with E-state index < -0.39 is 0 Å². The number of aliphatic hydroxyl groups excluding tert-OH is 1. The van der Waals surface area contributed by atoms with E-state index in [2.05, 4.69) is 38.9 Å². The van der Waals surface area contributed by atoms with Crippen LogP contribution in [-0.4, -0.2) is 43.8 Å². The molecular weight excluding hydrogens is 280 g/mol. The van der Waals surface area contributed by atoms with Gasteiger partial charge in [0.25, 0.3) is 0 Å². The Morgan fingerprint density at radius 3 is 2.86 bits per heavy atom. The maximum atomic E-state index is 9.30. The van der Waals surface area contributed by atoms with Crippen LogP contribution in [0.25, 0.3) is 11.2 Å². The van der Waals surface area contributed by atoms with Crippen molar-refractivity contribution in [3.05, 3.63) is 18.5 Å². The van der Waals surface area contributed by atoms with E-state index in [-0.39, 0.29) is 24.5 Å². The quantitative estimate of drug-likeness (QED) is 0.825. The highest BCUT2D eigenvalue weighted by molar-refractivity contribution is 5.85. The second-order valence-electron chi connectivity index (χ2n) is 6.19. The summed E-state index contributed by atoms with van der Waals surface area (Å²) < 4.78 is 2.04. The molecule has 1 aliphatic heterocycles. The second kappa shape index (κ2) is 4.95. The van der Waals surface area contributed by atoms with E-state index in [1.54, 1.807) is 0 Å². The fourth-order valence-corrected chi connectivity index (χ4v) is 3.29. The number of allylic oxidation sites excluding steroid dienone is 1. The van der Waals surface area contributed by atoms with E-state index in [9.17, 15) is 5.11 Å². The summed E-state index contributed by atoms with van der Waals surface area (Å²) in [5.41, 5.74) is 7.50. The summed E-state index contributed by atoms with van der Waals surface area (Å²) in [4.78, 5) is 15.6. The largest absolute Gasteiger partial charge is 0.396 e. The molecule has 2 aromatic heterocycles. The Morgan fingerprint density at radius 2 is 2.23 bits per heavy atom. The first kappa shape index (κ1) is 13.5. The molecule has 1 saturated heterocycles. The molecule has 3 heterocycles. The topological polar surface area (TPSA) is 93.1 Å². The van der Waals surface area contributed by atoms with Gasteiger partial charge < -0.3 is 20.3 Å². The van der Waals surface area contributed by atoms with Gasteiger partial charge in [-0.1, -0.05) is 12.2 Å². The third-order valence-electron chi connectivity index (χ3n) is 4.75. The zero-order valence-electron chi connectivity index (χ0n) is 12.6. The first-order valence-electron chi connectivity index (χ1n) is 7.73. The standard InChI is InChI=1S/C15H20N6O/c1-9-4-5-20(9)13-12-14(19-15(16)18-13)21(8-17-12)11-3-2-10(6-11)7-22/h2-3,8-11,22H,4-7H2,1H3,(H2,16,18,19)/t9?,10-,11+/m1/s1. The maximum Gasteiger partial charge on any atom is 0.224 e. The molecule has 4 rings (SSSR count). The van der Waals surface area contributed by atoms with Gasteiger partial charge in [0, 0.05) is 25.1 Å². The number of nitrogens with two attached hydrogens (primary N) is 1. The minimum atomic E-state index is 0.165. The zero-order valence-corrected chi connectivity index (χ0v) is 12.6. The minimum Gasteiger partial charge on any atom is -0.396 e. The van der Waals surface area contributed by atoms with E-state index in [1.165, 1.54) is 0 Å². The lowest BCUT2D eigenvalue weighted by molar-refractivity contribution is 0.244. The Bertz CT molecular complexity index is 739. The van der Waals surface area contributed by atoms with Crippen LogP contribution in [0.2, 0.25) is 0 Å². The predicted molar refractivity (Wildman–Crippen MR) is 84.5 cm³/mol. The molecule has 22 heavy (non-hydrogen) atoms. The molecule has 0 amide bonds. The molecule has 7 heteroatoms. The number of hydrogen-bond acceptors (Lipinski definition) is 6. The van der Waals surface area contributed by atoms with Crippen molar-refractivity contribution in [2.75, 3.05) is 23.8 Å². The molecule has 0 radical (unpaired) electrons. The lowest BCUT2D eigenvalue weighted by Gasteiger charge is -2.39. The van der Waals surface area contributed by atoms with Crippen molar-refractivity contribution < 1.29 is 5.11 Å². The van der Waals surface area contributed by atoms with Gasteiger partial charge in [-0.3, -0.25) is 0 Å². The first-order valence-corrected chi connectivity index (χ1v) is 7.73. The van der Waals surface area contributed by atoms with Crippen LogP contribution in [-0.2, 0) is 0 Å². The fraction of sp³-hybridized carbons (Fsp3) is 0.533. The van der Waals surface area contributed by atoms with Gasteiger partial charge in [-0.05, 0) is 19.8 Å². The molecule has 1 unspecified atom stereocenters. The van der Waals surface area contributed by atoms with Gasteiger partial charge in [0.05, 0.1) is 12.4 Å². The highest BCUT2D eigenvalue weighted by atomic mass is 16.3. The number of rotatable bonds is 3. The van der Waals surface area contributed by atoms with Crippen molar-refractivity contribution in [3.63, 3.8) is 0 Å². The third-order valence-corrected chi connectivity index (χ3v) is 4.75. The average molecular weight is 300 g/mol. The van der Waals surface area contributed by atoms with Crippen LogP contribution >= 0.6 is 0 Å².